The van der Waals surface area contributed by atoms with Gasteiger partial charge in [-0.3, -0.25) is 0 Å². The van der Waals surface area contributed by atoms with Gasteiger partial charge < -0.3 is 4.57 Å². The van der Waals surface area contributed by atoms with E-state index in [-0.39, 0.29) is 33.3 Å². The van der Waals surface area contributed by atoms with Gasteiger partial charge in [-0.05, 0) is 97.3 Å². The molecule has 0 amide bonds. The number of rotatable bonds is 7. The van der Waals surface area contributed by atoms with Gasteiger partial charge in [0.1, 0.15) is 0 Å². The number of para-hydroxylation sites is 1. The van der Waals surface area contributed by atoms with Crippen molar-refractivity contribution >= 4 is 43.4 Å². The summed E-state index contributed by atoms with van der Waals surface area (Å²) in [5, 5.41) is 3.69. The third-order valence-electron chi connectivity index (χ3n) is 11.4. The largest absolute Gasteiger partial charge is 0.309 e. The zero-order valence-electron chi connectivity index (χ0n) is 45.3. The Morgan fingerprint density at radius 1 is 0.333 bits per heavy atom. The van der Waals surface area contributed by atoms with Crippen LogP contribution in [0.25, 0.3) is 117 Å². The molecule has 0 fully saturated rings. The molecule has 0 N–H and O–H groups in total. The summed E-state index contributed by atoms with van der Waals surface area (Å²) in [4.78, 5) is 15.4. The summed E-state index contributed by atoms with van der Waals surface area (Å²) < 4.78 is 110. The van der Waals surface area contributed by atoms with Crippen molar-refractivity contribution in [1.29, 1.82) is 0 Å². The third-order valence-corrected chi connectivity index (χ3v) is 11.4. The molecule has 0 spiro atoms. The fourth-order valence-corrected chi connectivity index (χ4v) is 8.34. The van der Waals surface area contributed by atoms with Crippen LogP contribution in [0.4, 0.5) is 0 Å². The van der Waals surface area contributed by atoms with Gasteiger partial charge in [0, 0.05) is 27.5 Å². The quantitative estimate of drug-likeness (QED) is 0.151. The number of nitrogens with zero attached hydrogens (tertiary/aromatic N) is 4. The highest BCUT2D eigenvalue weighted by atomic mass is 15.1. The minimum absolute atomic E-state index is 0.129. The summed E-state index contributed by atoms with van der Waals surface area (Å²) in [7, 11) is 0. The van der Waals surface area contributed by atoms with E-state index in [0.29, 0.717) is 28.3 Å². The second-order valence-electron chi connectivity index (χ2n) is 15.1. The summed E-state index contributed by atoms with van der Waals surface area (Å²) >= 11 is 0. The standard InChI is InChI=1S/C59H38N4/c1-4-15-39(16-5-1)41-27-29-43(30-28-41)58-60-57(42-19-8-3-9-20-42)61-59(62-58)53-38-48(49-25-14-23-47-35-44-21-10-11-22-45(44)36-51(47)49)32-34-56(53)63-54-26-13-12-24-50(54)52-37-46(31-33-55(52)63)40-17-6-2-7-18-40/h1-38H/i2D,6D,7D,12D,13D,17D,18D,24D,26D,31D,33D,37D. The van der Waals surface area contributed by atoms with Gasteiger partial charge in [0.2, 0.25) is 0 Å². The van der Waals surface area contributed by atoms with Gasteiger partial charge in [-0.2, -0.15) is 0 Å². The van der Waals surface area contributed by atoms with Crippen LogP contribution in [0, 0.1) is 0 Å². The van der Waals surface area contributed by atoms with Crippen molar-refractivity contribution in [2.45, 2.75) is 0 Å². The lowest BCUT2D eigenvalue weighted by atomic mass is 9.94. The van der Waals surface area contributed by atoms with Gasteiger partial charge in [0.05, 0.1) is 33.2 Å². The Labute approximate surface area is 381 Å². The normalized spacial score (nSPS) is 14.2. The number of hydrogen-bond acceptors (Lipinski definition) is 3. The van der Waals surface area contributed by atoms with Crippen LogP contribution in [-0.2, 0) is 0 Å². The van der Waals surface area contributed by atoms with Crippen LogP contribution in [0.15, 0.2) is 230 Å². The molecule has 12 rings (SSSR count). The number of hydrogen-bond donors (Lipinski definition) is 0. The van der Waals surface area contributed by atoms with Crippen LogP contribution in [0.2, 0.25) is 0 Å². The number of fused-ring (bicyclic) bond motifs is 5. The predicted octanol–water partition coefficient (Wildman–Crippen LogP) is 15.3. The molecular weight excluding hydrogens is 765 g/mol. The van der Waals surface area contributed by atoms with Gasteiger partial charge >= 0.3 is 0 Å². The fraction of sp³-hybridized carbons (Fsp3) is 0. The molecule has 10 aromatic carbocycles. The van der Waals surface area contributed by atoms with Gasteiger partial charge in [0.15, 0.2) is 17.5 Å². The summed E-state index contributed by atoms with van der Waals surface area (Å²) in [6.07, 6.45) is 0. The molecule has 0 unspecified atom stereocenters. The van der Waals surface area contributed by atoms with Crippen molar-refractivity contribution in [3.05, 3.63) is 230 Å². The Bertz CT molecular complexity index is 4350. The second kappa shape index (κ2) is 15.2. The molecule has 0 saturated heterocycles. The maximum atomic E-state index is 9.83. The molecule has 0 aliphatic carbocycles. The molecule has 4 heteroatoms. The van der Waals surface area contributed by atoms with E-state index in [2.05, 4.69) is 24.3 Å². The Kier molecular flexibility index (Phi) is 6.28. The smallest absolute Gasteiger partial charge is 0.166 e. The van der Waals surface area contributed by atoms with Crippen LogP contribution in [0.3, 0.4) is 0 Å². The topological polar surface area (TPSA) is 43.6 Å². The van der Waals surface area contributed by atoms with Crippen LogP contribution in [-0.4, -0.2) is 19.5 Å². The molecule has 4 nitrogen and oxygen atoms in total. The highest BCUT2D eigenvalue weighted by Crippen LogP contribution is 2.41. The number of aromatic nitrogens is 4. The zero-order valence-corrected chi connectivity index (χ0v) is 33.3. The van der Waals surface area contributed by atoms with Gasteiger partial charge in [0.25, 0.3) is 0 Å². The first-order chi connectivity index (χ1) is 36.2. The highest BCUT2D eigenvalue weighted by molar-refractivity contribution is 6.11. The Hall–Kier alpha value is -8.47. The molecule has 2 heterocycles. The van der Waals surface area contributed by atoms with Crippen molar-refractivity contribution in [3.63, 3.8) is 0 Å². The van der Waals surface area contributed by atoms with Gasteiger partial charge in [-0.15, -0.1) is 0 Å². The second-order valence-corrected chi connectivity index (χ2v) is 15.1. The molecule has 63 heavy (non-hydrogen) atoms. The lowest BCUT2D eigenvalue weighted by molar-refractivity contribution is 1.06. The molecule has 12 aromatic rings. The first kappa shape index (κ1) is 26.0. The monoisotopic (exact) mass is 814 g/mol. The first-order valence-electron chi connectivity index (χ1n) is 26.4. The van der Waals surface area contributed by atoms with E-state index >= 15 is 0 Å². The molecule has 0 saturated carbocycles. The molecule has 0 atom stereocenters. The van der Waals surface area contributed by atoms with Crippen LogP contribution in [0.5, 0.6) is 0 Å². The molecule has 2 aromatic heterocycles. The van der Waals surface area contributed by atoms with E-state index < -0.39 is 83.6 Å². The fourth-order valence-electron chi connectivity index (χ4n) is 8.34. The van der Waals surface area contributed by atoms with E-state index in [1.165, 1.54) is 4.57 Å². The van der Waals surface area contributed by atoms with E-state index in [1.807, 2.05) is 127 Å². The maximum absolute atomic E-state index is 9.83. The predicted molar refractivity (Wildman–Crippen MR) is 262 cm³/mol. The minimum atomic E-state index is -0.705. The van der Waals surface area contributed by atoms with Crippen molar-refractivity contribution in [2.24, 2.45) is 0 Å². The molecule has 0 aliphatic heterocycles. The van der Waals surface area contributed by atoms with Crippen LogP contribution >= 0.6 is 0 Å². The average molecular weight is 815 g/mol. The molecule has 0 aliphatic rings. The average Bonchev–Trinajstić information content (AvgIpc) is 3.84. The maximum Gasteiger partial charge on any atom is 0.166 e. The summed E-state index contributed by atoms with van der Waals surface area (Å²) in [5.74, 6) is 0.803. The Morgan fingerprint density at radius 2 is 0.921 bits per heavy atom. The lowest BCUT2D eigenvalue weighted by Crippen LogP contribution is -2.04. The zero-order chi connectivity index (χ0) is 52.1. The van der Waals surface area contributed by atoms with Crippen LogP contribution in [0.1, 0.15) is 16.4 Å². The lowest BCUT2D eigenvalue weighted by Gasteiger charge is -2.17. The minimum Gasteiger partial charge on any atom is -0.309 e. The SMILES string of the molecule is [2H]c1c([2H])c([2H])c(-c2c([2H])c([2H])c3c(c2[2H])c2c([2H])c([2H])c([2H])c([2H])c2n3-c2ccc(-c3cccc4cc5ccccc5cc34)cc2-c2nc(-c3ccccc3)nc(-c3ccc(-c4ccccc4)cc3)n2)c([2H])c1[2H]. The number of benzene rings is 10. The Morgan fingerprint density at radius 3 is 1.70 bits per heavy atom. The first-order valence-corrected chi connectivity index (χ1v) is 20.4. The summed E-state index contributed by atoms with van der Waals surface area (Å²) in [5.41, 5.74) is 4.29. The van der Waals surface area contributed by atoms with E-state index in [4.69, 9.17) is 24.5 Å². The van der Waals surface area contributed by atoms with Crippen molar-refractivity contribution < 1.29 is 16.4 Å². The Balaban J connectivity index is 1.21. The van der Waals surface area contributed by atoms with Crippen LogP contribution < -0.4 is 0 Å². The molecular formula is C59H38N4. The molecule has 0 bridgehead atoms. The van der Waals surface area contributed by atoms with E-state index in [9.17, 15) is 6.85 Å². The van der Waals surface area contributed by atoms with E-state index in [0.717, 1.165) is 43.8 Å². The summed E-state index contributed by atoms with van der Waals surface area (Å²) in [6.45, 7) is 0. The van der Waals surface area contributed by atoms with Gasteiger partial charge in [-0.25, -0.2) is 15.0 Å². The summed E-state index contributed by atoms with van der Waals surface area (Å²) in [6, 6.07) is 43.6. The van der Waals surface area contributed by atoms with Crippen molar-refractivity contribution in [2.75, 3.05) is 0 Å². The van der Waals surface area contributed by atoms with Gasteiger partial charge in [-0.1, -0.05) is 188 Å². The van der Waals surface area contributed by atoms with Crippen molar-refractivity contribution in [1.82, 2.24) is 19.5 Å². The molecule has 294 valence electrons. The van der Waals surface area contributed by atoms with E-state index in [1.54, 1.807) is 6.07 Å². The molecule has 0 radical (unpaired) electrons. The third kappa shape index (κ3) is 6.53. The van der Waals surface area contributed by atoms with Crippen molar-refractivity contribution in [3.8, 4) is 73.2 Å². The highest BCUT2D eigenvalue weighted by Gasteiger charge is 2.21.